The second-order valence-electron chi connectivity index (χ2n) is 4.88. The monoisotopic (exact) mass is 283 g/mol. The molecule has 1 aliphatic rings. The van der Waals surface area contributed by atoms with E-state index in [1.807, 2.05) is 12.1 Å². The third kappa shape index (κ3) is 4.03. The van der Waals surface area contributed by atoms with Crippen molar-refractivity contribution in [3.05, 3.63) is 29.8 Å². The predicted molar refractivity (Wildman–Crippen MR) is 74.6 cm³/mol. The van der Waals surface area contributed by atoms with Gasteiger partial charge in [-0.15, -0.1) is 0 Å². The van der Waals surface area contributed by atoms with Crippen LogP contribution in [0.2, 0.25) is 0 Å². The van der Waals surface area contributed by atoms with Gasteiger partial charge in [-0.3, -0.25) is 0 Å². The number of nitrogens with one attached hydrogen (secondary N) is 1. The van der Waals surface area contributed by atoms with E-state index in [-0.39, 0.29) is 6.10 Å². The summed E-state index contributed by atoms with van der Waals surface area (Å²) < 4.78 is 32.2. The molecule has 1 heterocycles. The van der Waals surface area contributed by atoms with Crippen LogP contribution in [0.4, 0.5) is 0 Å². The Bertz CT molecular complexity index is 490. The highest BCUT2D eigenvalue weighted by atomic mass is 32.2. The van der Waals surface area contributed by atoms with Crippen molar-refractivity contribution in [2.24, 2.45) is 0 Å². The van der Waals surface area contributed by atoms with E-state index in [0.717, 1.165) is 32.3 Å². The van der Waals surface area contributed by atoms with E-state index >= 15 is 0 Å². The van der Waals surface area contributed by atoms with Crippen LogP contribution in [0.15, 0.2) is 29.2 Å². The first-order valence-corrected chi connectivity index (χ1v) is 8.30. The van der Waals surface area contributed by atoms with Gasteiger partial charge >= 0.3 is 0 Å². The van der Waals surface area contributed by atoms with Crippen LogP contribution >= 0.6 is 0 Å². The van der Waals surface area contributed by atoms with Gasteiger partial charge < -0.3 is 4.74 Å². The van der Waals surface area contributed by atoms with Gasteiger partial charge in [0.1, 0.15) is 0 Å². The summed E-state index contributed by atoms with van der Waals surface area (Å²) in [4.78, 5) is 0.324. The molecule has 1 aromatic carbocycles. The van der Waals surface area contributed by atoms with Crippen molar-refractivity contribution in [3.8, 4) is 0 Å². The van der Waals surface area contributed by atoms with Gasteiger partial charge in [-0.1, -0.05) is 25.5 Å². The van der Waals surface area contributed by atoms with E-state index in [1.54, 1.807) is 12.1 Å². The lowest BCUT2D eigenvalue weighted by atomic mass is 10.1. The summed E-state index contributed by atoms with van der Waals surface area (Å²) in [5.41, 5.74) is 1.17. The minimum absolute atomic E-state index is 0.0224. The fraction of sp³-hybridized carbons (Fsp3) is 0.571. The van der Waals surface area contributed by atoms with Gasteiger partial charge in [-0.25, -0.2) is 13.1 Å². The number of sulfonamides is 1. The molecule has 1 fully saturated rings. The second-order valence-corrected chi connectivity index (χ2v) is 6.65. The zero-order valence-corrected chi connectivity index (χ0v) is 12.1. The van der Waals surface area contributed by atoms with Crippen LogP contribution in [-0.2, 0) is 21.2 Å². The standard InChI is InChI=1S/C14H21NO3S/c1-2-4-12-6-8-14(9-7-12)19(16,17)15-11-13-5-3-10-18-13/h6-9,13,15H,2-5,10-11H2,1H3. The number of benzene rings is 1. The highest BCUT2D eigenvalue weighted by Crippen LogP contribution is 2.14. The summed E-state index contributed by atoms with van der Waals surface area (Å²) in [6.45, 7) is 3.20. The van der Waals surface area contributed by atoms with E-state index < -0.39 is 10.0 Å². The van der Waals surface area contributed by atoms with Crippen LogP contribution in [0.5, 0.6) is 0 Å². The molecule has 0 saturated carbocycles. The SMILES string of the molecule is CCCc1ccc(S(=O)(=O)NCC2CCCO2)cc1. The summed E-state index contributed by atoms with van der Waals surface area (Å²) in [5.74, 6) is 0. The van der Waals surface area contributed by atoms with Crippen molar-refractivity contribution >= 4 is 10.0 Å². The zero-order valence-electron chi connectivity index (χ0n) is 11.3. The Labute approximate surface area is 115 Å². The molecule has 1 saturated heterocycles. The first kappa shape index (κ1) is 14.5. The Kier molecular flexibility index (Phi) is 4.96. The molecule has 1 atom stereocenters. The van der Waals surface area contributed by atoms with Gasteiger partial charge in [0.25, 0.3) is 0 Å². The first-order valence-electron chi connectivity index (χ1n) is 6.82. The molecule has 0 radical (unpaired) electrons. The summed E-state index contributed by atoms with van der Waals surface area (Å²) in [6, 6.07) is 7.10. The van der Waals surface area contributed by atoms with E-state index in [9.17, 15) is 8.42 Å². The summed E-state index contributed by atoms with van der Waals surface area (Å²) in [5, 5.41) is 0. The van der Waals surface area contributed by atoms with E-state index in [4.69, 9.17) is 4.74 Å². The molecule has 2 rings (SSSR count). The van der Waals surface area contributed by atoms with E-state index in [1.165, 1.54) is 5.56 Å². The van der Waals surface area contributed by atoms with Crippen LogP contribution in [0, 0.1) is 0 Å². The smallest absolute Gasteiger partial charge is 0.240 e. The average Bonchev–Trinajstić information content (AvgIpc) is 2.91. The molecule has 1 aromatic rings. The fourth-order valence-corrected chi connectivity index (χ4v) is 3.28. The van der Waals surface area contributed by atoms with Gasteiger partial charge in [0.15, 0.2) is 0 Å². The lowest BCUT2D eigenvalue weighted by Crippen LogP contribution is -2.31. The molecule has 4 nitrogen and oxygen atoms in total. The molecule has 19 heavy (non-hydrogen) atoms. The number of hydrogen-bond donors (Lipinski definition) is 1. The quantitative estimate of drug-likeness (QED) is 0.870. The van der Waals surface area contributed by atoms with Gasteiger partial charge in [0, 0.05) is 13.2 Å². The van der Waals surface area contributed by atoms with Crippen LogP contribution in [0.1, 0.15) is 31.7 Å². The second kappa shape index (κ2) is 6.50. The molecule has 0 bridgehead atoms. The normalized spacial score (nSPS) is 19.7. The summed E-state index contributed by atoms with van der Waals surface area (Å²) >= 11 is 0. The molecule has 1 N–H and O–H groups in total. The topological polar surface area (TPSA) is 55.4 Å². The Morgan fingerprint density at radius 1 is 1.32 bits per heavy atom. The van der Waals surface area contributed by atoms with Crippen molar-refractivity contribution in [3.63, 3.8) is 0 Å². The lowest BCUT2D eigenvalue weighted by Gasteiger charge is -2.11. The largest absolute Gasteiger partial charge is 0.377 e. The minimum atomic E-state index is -3.41. The van der Waals surface area contributed by atoms with Crippen LogP contribution in [0.3, 0.4) is 0 Å². The molecule has 0 aliphatic carbocycles. The maximum Gasteiger partial charge on any atom is 0.240 e. The summed E-state index contributed by atoms with van der Waals surface area (Å²) in [7, 11) is -3.41. The Morgan fingerprint density at radius 2 is 2.05 bits per heavy atom. The zero-order chi connectivity index (χ0) is 13.7. The predicted octanol–water partition coefficient (Wildman–Crippen LogP) is 2.10. The minimum Gasteiger partial charge on any atom is -0.377 e. The lowest BCUT2D eigenvalue weighted by molar-refractivity contribution is 0.114. The van der Waals surface area contributed by atoms with Crippen molar-refractivity contribution in [1.29, 1.82) is 0 Å². The molecule has 0 aromatic heterocycles. The third-order valence-corrected chi connectivity index (χ3v) is 4.74. The highest BCUT2D eigenvalue weighted by molar-refractivity contribution is 7.89. The van der Waals surface area contributed by atoms with Crippen LogP contribution < -0.4 is 4.72 Å². The van der Waals surface area contributed by atoms with Gasteiger partial charge in [0.05, 0.1) is 11.0 Å². The van der Waals surface area contributed by atoms with Crippen LogP contribution in [-0.4, -0.2) is 27.7 Å². The van der Waals surface area contributed by atoms with Crippen molar-refractivity contribution in [2.75, 3.05) is 13.2 Å². The maximum atomic E-state index is 12.1. The molecule has 1 unspecified atom stereocenters. The number of hydrogen-bond acceptors (Lipinski definition) is 3. The fourth-order valence-electron chi connectivity index (χ4n) is 2.22. The molecule has 5 heteroatoms. The van der Waals surface area contributed by atoms with Gasteiger partial charge in [-0.05, 0) is 37.0 Å². The Morgan fingerprint density at radius 3 is 2.63 bits per heavy atom. The molecular weight excluding hydrogens is 262 g/mol. The maximum absolute atomic E-state index is 12.1. The highest BCUT2D eigenvalue weighted by Gasteiger charge is 2.20. The Balaban J connectivity index is 1.97. The number of rotatable bonds is 6. The van der Waals surface area contributed by atoms with Crippen LogP contribution in [0.25, 0.3) is 0 Å². The molecular formula is C14H21NO3S. The van der Waals surface area contributed by atoms with Crippen molar-refractivity contribution < 1.29 is 13.2 Å². The first-order chi connectivity index (χ1) is 9.12. The van der Waals surface area contributed by atoms with Gasteiger partial charge in [0.2, 0.25) is 10.0 Å². The number of aryl methyl sites for hydroxylation is 1. The summed E-state index contributed by atoms with van der Waals surface area (Å²) in [6.07, 6.45) is 4.00. The van der Waals surface area contributed by atoms with E-state index in [2.05, 4.69) is 11.6 Å². The van der Waals surface area contributed by atoms with Gasteiger partial charge in [-0.2, -0.15) is 0 Å². The third-order valence-electron chi connectivity index (χ3n) is 3.30. The van der Waals surface area contributed by atoms with Crippen molar-refractivity contribution in [2.45, 2.75) is 43.6 Å². The number of ether oxygens (including phenoxy) is 1. The molecule has 106 valence electrons. The van der Waals surface area contributed by atoms with E-state index in [0.29, 0.717) is 11.4 Å². The molecule has 0 spiro atoms. The Hall–Kier alpha value is -0.910. The van der Waals surface area contributed by atoms with Crippen molar-refractivity contribution in [1.82, 2.24) is 4.72 Å². The molecule has 1 aliphatic heterocycles. The average molecular weight is 283 g/mol. The molecule has 0 amide bonds.